The van der Waals surface area contributed by atoms with E-state index in [-0.39, 0.29) is 6.04 Å². The summed E-state index contributed by atoms with van der Waals surface area (Å²) < 4.78 is 0. The smallest absolute Gasteiger partial charge is 0.0390 e. The number of thioether (sulfide) groups is 1. The summed E-state index contributed by atoms with van der Waals surface area (Å²) in [5, 5.41) is 3.64. The second kappa shape index (κ2) is 3.72. The standard InChI is InChI=1S/C12H16N2S/c13-12-8-3-1-2-4-10(8)14-11-5-6-15-7-9(11)12/h1-4,9,11-12,14H,5-7,13H2. The third kappa shape index (κ3) is 1.54. The fourth-order valence-electron chi connectivity index (χ4n) is 2.64. The number of hydrogen-bond donors (Lipinski definition) is 2. The minimum absolute atomic E-state index is 0.222. The molecule has 2 nitrogen and oxygen atoms in total. The molecule has 3 unspecified atom stereocenters. The highest BCUT2D eigenvalue weighted by molar-refractivity contribution is 7.99. The summed E-state index contributed by atoms with van der Waals surface area (Å²) in [6.45, 7) is 0. The van der Waals surface area contributed by atoms with Gasteiger partial charge in [0.15, 0.2) is 0 Å². The Balaban J connectivity index is 1.98. The second-order valence-electron chi connectivity index (χ2n) is 4.39. The largest absolute Gasteiger partial charge is 0.382 e. The van der Waals surface area contributed by atoms with Crippen molar-refractivity contribution in [3.8, 4) is 0 Å². The molecule has 1 saturated heterocycles. The van der Waals surface area contributed by atoms with Crippen LogP contribution in [-0.4, -0.2) is 17.5 Å². The maximum atomic E-state index is 6.35. The zero-order valence-electron chi connectivity index (χ0n) is 8.65. The molecule has 0 amide bonds. The first-order valence-corrected chi connectivity index (χ1v) is 6.70. The van der Waals surface area contributed by atoms with Gasteiger partial charge in [0, 0.05) is 23.7 Å². The Morgan fingerprint density at radius 1 is 1.33 bits per heavy atom. The second-order valence-corrected chi connectivity index (χ2v) is 5.54. The highest BCUT2D eigenvalue weighted by atomic mass is 32.2. The molecule has 0 radical (unpaired) electrons. The fraction of sp³-hybridized carbons (Fsp3) is 0.500. The van der Waals surface area contributed by atoms with E-state index in [1.165, 1.54) is 29.2 Å². The fourth-order valence-corrected chi connectivity index (χ4v) is 3.94. The summed E-state index contributed by atoms with van der Waals surface area (Å²) in [5.74, 6) is 3.08. The van der Waals surface area contributed by atoms with Crippen LogP contribution in [0.1, 0.15) is 18.0 Å². The highest BCUT2D eigenvalue weighted by Crippen LogP contribution is 2.40. The summed E-state index contributed by atoms with van der Waals surface area (Å²) in [7, 11) is 0. The predicted octanol–water partition coefficient (Wildman–Crippen LogP) is 2.23. The molecule has 0 aromatic heterocycles. The Morgan fingerprint density at radius 3 is 3.13 bits per heavy atom. The third-order valence-corrected chi connectivity index (χ3v) is 4.67. The molecule has 2 aliphatic heterocycles. The average molecular weight is 220 g/mol. The number of nitrogens with two attached hydrogens (primary N) is 1. The lowest BCUT2D eigenvalue weighted by atomic mass is 9.83. The van der Waals surface area contributed by atoms with Gasteiger partial charge in [0.2, 0.25) is 0 Å². The molecule has 0 spiro atoms. The molecule has 15 heavy (non-hydrogen) atoms. The van der Waals surface area contributed by atoms with Crippen molar-refractivity contribution in [2.75, 3.05) is 16.8 Å². The number of benzene rings is 1. The Kier molecular flexibility index (Phi) is 2.37. The molecule has 0 saturated carbocycles. The number of nitrogens with one attached hydrogen (secondary N) is 1. The number of hydrogen-bond acceptors (Lipinski definition) is 3. The van der Waals surface area contributed by atoms with Crippen molar-refractivity contribution in [2.24, 2.45) is 11.7 Å². The van der Waals surface area contributed by atoms with Crippen LogP contribution in [0.3, 0.4) is 0 Å². The van der Waals surface area contributed by atoms with Crippen molar-refractivity contribution in [2.45, 2.75) is 18.5 Å². The van der Waals surface area contributed by atoms with E-state index in [0.29, 0.717) is 12.0 Å². The molecular formula is C12H16N2S. The quantitative estimate of drug-likeness (QED) is 0.704. The topological polar surface area (TPSA) is 38.0 Å². The van der Waals surface area contributed by atoms with E-state index in [4.69, 9.17) is 5.73 Å². The number of fused-ring (bicyclic) bond motifs is 2. The van der Waals surface area contributed by atoms with Crippen LogP contribution < -0.4 is 11.1 Å². The summed E-state index contributed by atoms with van der Waals surface area (Å²) >= 11 is 2.04. The Hall–Kier alpha value is -0.670. The van der Waals surface area contributed by atoms with Gasteiger partial charge >= 0.3 is 0 Å². The summed E-state index contributed by atoms with van der Waals surface area (Å²) in [4.78, 5) is 0. The Labute approximate surface area is 94.6 Å². The van der Waals surface area contributed by atoms with E-state index in [1.54, 1.807) is 0 Å². The van der Waals surface area contributed by atoms with Crippen LogP contribution >= 0.6 is 11.8 Å². The van der Waals surface area contributed by atoms with E-state index >= 15 is 0 Å². The van der Waals surface area contributed by atoms with E-state index in [0.717, 1.165) is 0 Å². The van der Waals surface area contributed by atoms with Gasteiger partial charge in [0.1, 0.15) is 0 Å². The summed E-state index contributed by atoms with van der Waals surface area (Å²) in [6, 6.07) is 9.28. The molecule has 3 heteroatoms. The molecule has 1 fully saturated rings. The van der Waals surface area contributed by atoms with E-state index < -0.39 is 0 Å². The minimum atomic E-state index is 0.222. The molecule has 1 aromatic rings. The zero-order chi connectivity index (χ0) is 10.3. The van der Waals surface area contributed by atoms with Gasteiger partial charge in [-0.1, -0.05) is 18.2 Å². The molecule has 3 rings (SSSR count). The first kappa shape index (κ1) is 9.55. The molecular weight excluding hydrogens is 204 g/mol. The lowest BCUT2D eigenvalue weighted by Crippen LogP contribution is -2.44. The van der Waals surface area contributed by atoms with Gasteiger partial charge < -0.3 is 11.1 Å². The van der Waals surface area contributed by atoms with Gasteiger partial charge in [-0.2, -0.15) is 11.8 Å². The van der Waals surface area contributed by atoms with Crippen molar-refractivity contribution in [3.05, 3.63) is 29.8 Å². The van der Waals surface area contributed by atoms with Crippen LogP contribution in [0.4, 0.5) is 5.69 Å². The Bertz CT molecular complexity index is 366. The van der Waals surface area contributed by atoms with Crippen LogP contribution in [-0.2, 0) is 0 Å². The van der Waals surface area contributed by atoms with E-state index in [2.05, 4.69) is 29.6 Å². The predicted molar refractivity (Wildman–Crippen MR) is 66.2 cm³/mol. The van der Waals surface area contributed by atoms with Gasteiger partial charge in [-0.3, -0.25) is 0 Å². The average Bonchev–Trinajstić information content (AvgIpc) is 2.30. The molecule has 2 heterocycles. The Morgan fingerprint density at radius 2 is 2.20 bits per heavy atom. The van der Waals surface area contributed by atoms with Crippen molar-refractivity contribution >= 4 is 17.4 Å². The lowest BCUT2D eigenvalue weighted by molar-refractivity contribution is 0.382. The zero-order valence-corrected chi connectivity index (χ0v) is 9.46. The monoisotopic (exact) mass is 220 g/mol. The maximum Gasteiger partial charge on any atom is 0.0390 e. The molecule has 80 valence electrons. The first-order valence-electron chi connectivity index (χ1n) is 5.55. The van der Waals surface area contributed by atoms with Crippen LogP contribution in [0, 0.1) is 5.92 Å². The van der Waals surface area contributed by atoms with Crippen LogP contribution in [0.15, 0.2) is 24.3 Å². The van der Waals surface area contributed by atoms with Crippen LogP contribution in [0.25, 0.3) is 0 Å². The third-order valence-electron chi connectivity index (χ3n) is 3.52. The summed E-state index contributed by atoms with van der Waals surface area (Å²) in [6.07, 6.45) is 1.25. The van der Waals surface area contributed by atoms with Crippen LogP contribution in [0.2, 0.25) is 0 Å². The molecule has 1 aromatic carbocycles. The lowest BCUT2D eigenvalue weighted by Gasteiger charge is -2.41. The van der Waals surface area contributed by atoms with Gasteiger partial charge in [0.05, 0.1) is 0 Å². The summed E-state index contributed by atoms with van der Waals surface area (Å²) in [5.41, 5.74) is 8.89. The first-order chi connectivity index (χ1) is 7.36. The SMILES string of the molecule is NC1c2ccccc2NC2CCSCC21. The van der Waals surface area contributed by atoms with Crippen molar-refractivity contribution in [1.82, 2.24) is 0 Å². The van der Waals surface area contributed by atoms with Crippen molar-refractivity contribution < 1.29 is 0 Å². The normalized spacial score (nSPS) is 33.8. The minimum Gasteiger partial charge on any atom is -0.382 e. The van der Waals surface area contributed by atoms with Gasteiger partial charge in [-0.25, -0.2) is 0 Å². The molecule has 0 bridgehead atoms. The van der Waals surface area contributed by atoms with Crippen molar-refractivity contribution in [3.63, 3.8) is 0 Å². The molecule has 2 aliphatic rings. The number of anilines is 1. The molecule has 0 aliphatic carbocycles. The maximum absolute atomic E-state index is 6.35. The van der Waals surface area contributed by atoms with E-state index in [9.17, 15) is 0 Å². The number of para-hydroxylation sites is 1. The molecule has 3 atom stereocenters. The van der Waals surface area contributed by atoms with Crippen LogP contribution in [0.5, 0.6) is 0 Å². The van der Waals surface area contributed by atoms with Crippen molar-refractivity contribution in [1.29, 1.82) is 0 Å². The highest BCUT2D eigenvalue weighted by Gasteiger charge is 2.35. The van der Waals surface area contributed by atoms with Gasteiger partial charge in [-0.05, 0) is 29.6 Å². The molecule has 3 N–H and O–H groups in total. The van der Waals surface area contributed by atoms with E-state index in [1.807, 2.05) is 11.8 Å². The number of rotatable bonds is 0. The van der Waals surface area contributed by atoms with Gasteiger partial charge in [-0.15, -0.1) is 0 Å². The van der Waals surface area contributed by atoms with Gasteiger partial charge in [0.25, 0.3) is 0 Å².